The summed E-state index contributed by atoms with van der Waals surface area (Å²) >= 11 is 0. The van der Waals surface area contributed by atoms with Crippen LogP contribution in [0.2, 0.25) is 0 Å². The molecule has 1 heterocycles. The Labute approximate surface area is 111 Å². The van der Waals surface area contributed by atoms with Gasteiger partial charge < -0.3 is 5.11 Å². The minimum absolute atomic E-state index is 0.174. The van der Waals surface area contributed by atoms with E-state index < -0.39 is 0 Å². The molecule has 1 N–H and O–H groups in total. The van der Waals surface area contributed by atoms with Crippen LogP contribution in [-0.2, 0) is 0 Å². The van der Waals surface area contributed by atoms with Gasteiger partial charge in [0.25, 0.3) is 0 Å². The van der Waals surface area contributed by atoms with Crippen molar-refractivity contribution >= 4 is 0 Å². The molecule has 0 radical (unpaired) electrons. The fraction of sp³-hybridized carbons (Fsp3) is 0.933. The molecule has 1 saturated heterocycles. The number of piperidine rings is 1. The summed E-state index contributed by atoms with van der Waals surface area (Å²) in [5.41, 5.74) is 0. The first-order chi connectivity index (χ1) is 8.65. The zero-order chi connectivity index (χ0) is 13.1. The van der Waals surface area contributed by atoms with Gasteiger partial charge in [-0.15, -0.1) is 0 Å². The number of hydrogen-bond donors (Lipinski definition) is 1. The van der Waals surface area contributed by atoms with Crippen molar-refractivity contribution in [1.29, 1.82) is 5.26 Å². The second-order valence-corrected chi connectivity index (χ2v) is 6.22. The average Bonchev–Trinajstić information content (AvgIpc) is 2.41. The Morgan fingerprint density at radius 1 is 1.33 bits per heavy atom. The van der Waals surface area contributed by atoms with Crippen LogP contribution in [0.15, 0.2) is 0 Å². The van der Waals surface area contributed by atoms with Crippen LogP contribution in [0.1, 0.15) is 46.0 Å². The van der Waals surface area contributed by atoms with Gasteiger partial charge in [-0.1, -0.05) is 20.3 Å². The van der Waals surface area contributed by atoms with Crippen LogP contribution in [0.25, 0.3) is 0 Å². The highest BCUT2D eigenvalue weighted by Gasteiger charge is 2.37. The topological polar surface area (TPSA) is 47.3 Å². The fourth-order valence-electron chi connectivity index (χ4n) is 3.53. The van der Waals surface area contributed by atoms with Crippen molar-refractivity contribution in [1.82, 2.24) is 4.90 Å². The zero-order valence-electron chi connectivity index (χ0n) is 11.7. The molecule has 0 amide bonds. The van der Waals surface area contributed by atoms with Crippen molar-refractivity contribution in [2.45, 2.75) is 58.1 Å². The molecule has 5 atom stereocenters. The molecular weight excluding hydrogens is 224 g/mol. The summed E-state index contributed by atoms with van der Waals surface area (Å²) in [7, 11) is 0. The van der Waals surface area contributed by atoms with E-state index in [9.17, 15) is 10.4 Å². The number of β-amino-alcohol motifs (C(OH)–C–C–N with tert-alkyl or cyclic N) is 1. The molecule has 0 aromatic rings. The molecule has 3 heteroatoms. The van der Waals surface area contributed by atoms with Gasteiger partial charge in [-0.2, -0.15) is 5.26 Å². The molecule has 0 bridgehead atoms. The van der Waals surface area contributed by atoms with Gasteiger partial charge in [0.1, 0.15) is 0 Å². The van der Waals surface area contributed by atoms with E-state index >= 15 is 0 Å². The quantitative estimate of drug-likeness (QED) is 0.818. The second kappa shape index (κ2) is 6.04. The molecule has 102 valence electrons. The molecule has 1 saturated carbocycles. The van der Waals surface area contributed by atoms with Crippen LogP contribution in [0.5, 0.6) is 0 Å². The molecule has 3 nitrogen and oxygen atoms in total. The monoisotopic (exact) mass is 250 g/mol. The summed E-state index contributed by atoms with van der Waals surface area (Å²) in [5.74, 6) is 1.36. The van der Waals surface area contributed by atoms with Gasteiger partial charge in [0, 0.05) is 12.6 Å². The van der Waals surface area contributed by atoms with E-state index in [-0.39, 0.29) is 12.0 Å². The predicted molar refractivity (Wildman–Crippen MR) is 71.9 cm³/mol. The Balaban J connectivity index is 2.02. The van der Waals surface area contributed by atoms with Crippen LogP contribution >= 0.6 is 0 Å². The number of likely N-dealkylation sites (tertiary alicyclic amines) is 1. The summed E-state index contributed by atoms with van der Waals surface area (Å²) in [6, 6.07) is 2.88. The molecule has 1 aliphatic carbocycles. The minimum atomic E-state index is -0.208. The highest BCUT2D eigenvalue weighted by molar-refractivity contribution is 4.99. The highest BCUT2D eigenvalue weighted by Crippen LogP contribution is 2.35. The number of nitriles is 1. The molecule has 2 aliphatic rings. The maximum atomic E-state index is 10.0. The lowest BCUT2D eigenvalue weighted by Gasteiger charge is -2.44. The van der Waals surface area contributed by atoms with Crippen LogP contribution in [0.3, 0.4) is 0 Å². The Hall–Kier alpha value is -0.590. The second-order valence-electron chi connectivity index (χ2n) is 6.22. The van der Waals surface area contributed by atoms with Gasteiger partial charge in [-0.3, -0.25) is 4.90 Å². The summed E-state index contributed by atoms with van der Waals surface area (Å²) in [5, 5.41) is 19.4. The van der Waals surface area contributed by atoms with E-state index in [1.165, 1.54) is 12.8 Å². The molecule has 2 rings (SSSR count). The number of aliphatic hydroxyl groups is 1. The number of nitrogens with zero attached hydrogens (tertiary/aromatic N) is 2. The van der Waals surface area contributed by atoms with E-state index in [2.05, 4.69) is 24.8 Å². The third kappa shape index (κ3) is 2.87. The Morgan fingerprint density at radius 3 is 2.72 bits per heavy atom. The maximum absolute atomic E-state index is 10.0. The molecule has 5 unspecified atom stereocenters. The smallest absolute Gasteiger partial charge is 0.0693 e. The summed E-state index contributed by atoms with van der Waals surface area (Å²) in [6.45, 7) is 6.19. The van der Waals surface area contributed by atoms with Crippen molar-refractivity contribution in [3.05, 3.63) is 0 Å². The Kier molecular flexibility index (Phi) is 4.64. The van der Waals surface area contributed by atoms with Gasteiger partial charge in [0.2, 0.25) is 0 Å². The van der Waals surface area contributed by atoms with Gasteiger partial charge in [0.05, 0.1) is 18.1 Å². The fourth-order valence-corrected chi connectivity index (χ4v) is 3.53. The molecule has 0 aromatic heterocycles. The van der Waals surface area contributed by atoms with Gasteiger partial charge in [0.15, 0.2) is 0 Å². The summed E-state index contributed by atoms with van der Waals surface area (Å²) in [6.07, 6.45) is 5.48. The van der Waals surface area contributed by atoms with Crippen molar-refractivity contribution in [3.63, 3.8) is 0 Å². The standard InChI is InChI=1S/C15H26N2O/c1-3-12-4-5-13(9-16)14(8-12)17-7-6-11(2)15(18)10-17/h11-15,18H,3-8,10H2,1-2H3. The van der Waals surface area contributed by atoms with Crippen LogP contribution in [0.4, 0.5) is 0 Å². The zero-order valence-corrected chi connectivity index (χ0v) is 11.7. The average molecular weight is 250 g/mol. The molecule has 1 aliphatic heterocycles. The van der Waals surface area contributed by atoms with Crippen molar-refractivity contribution < 1.29 is 5.11 Å². The molecule has 0 spiro atoms. The summed E-state index contributed by atoms with van der Waals surface area (Å²) in [4.78, 5) is 2.39. The van der Waals surface area contributed by atoms with E-state index in [0.29, 0.717) is 12.0 Å². The first-order valence-electron chi connectivity index (χ1n) is 7.47. The lowest BCUT2D eigenvalue weighted by atomic mass is 9.76. The Bertz CT molecular complexity index is 312. The number of aliphatic hydroxyl groups excluding tert-OH is 1. The van der Waals surface area contributed by atoms with Crippen LogP contribution < -0.4 is 0 Å². The minimum Gasteiger partial charge on any atom is -0.392 e. The molecular formula is C15H26N2O. The molecule has 0 aromatic carbocycles. The van der Waals surface area contributed by atoms with Crippen molar-refractivity contribution in [3.8, 4) is 6.07 Å². The third-order valence-corrected chi connectivity index (χ3v) is 5.09. The van der Waals surface area contributed by atoms with Gasteiger partial charge in [-0.05, 0) is 44.1 Å². The van der Waals surface area contributed by atoms with Crippen LogP contribution in [-0.4, -0.2) is 35.2 Å². The molecule has 18 heavy (non-hydrogen) atoms. The van der Waals surface area contributed by atoms with Crippen molar-refractivity contribution in [2.75, 3.05) is 13.1 Å². The van der Waals surface area contributed by atoms with E-state index in [1.54, 1.807) is 0 Å². The first kappa shape index (κ1) is 13.8. The third-order valence-electron chi connectivity index (χ3n) is 5.09. The summed E-state index contributed by atoms with van der Waals surface area (Å²) < 4.78 is 0. The lowest BCUT2D eigenvalue weighted by Crippen LogP contribution is -2.51. The normalized spacial score (nSPS) is 42.4. The SMILES string of the molecule is CCC1CCC(C#N)C(N2CCC(C)C(O)C2)C1. The maximum Gasteiger partial charge on any atom is 0.0693 e. The van der Waals surface area contributed by atoms with Gasteiger partial charge >= 0.3 is 0 Å². The largest absolute Gasteiger partial charge is 0.392 e. The lowest BCUT2D eigenvalue weighted by molar-refractivity contribution is -0.0117. The highest BCUT2D eigenvalue weighted by atomic mass is 16.3. The van der Waals surface area contributed by atoms with E-state index in [0.717, 1.165) is 38.3 Å². The van der Waals surface area contributed by atoms with Crippen molar-refractivity contribution in [2.24, 2.45) is 17.8 Å². The van der Waals surface area contributed by atoms with Crippen LogP contribution in [0, 0.1) is 29.1 Å². The first-order valence-corrected chi connectivity index (χ1v) is 7.47. The van der Waals surface area contributed by atoms with E-state index in [1.807, 2.05) is 0 Å². The number of rotatable bonds is 2. The van der Waals surface area contributed by atoms with Gasteiger partial charge in [-0.25, -0.2) is 0 Å². The van der Waals surface area contributed by atoms with E-state index in [4.69, 9.17) is 0 Å². The molecule has 2 fully saturated rings. The number of hydrogen-bond acceptors (Lipinski definition) is 3. The Morgan fingerprint density at radius 2 is 2.11 bits per heavy atom. The predicted octanol–water partition coefficient (Wildman–Crippen LogP) is 2.41.